The largest absolute Gasteiger partial charge is 0.481 e. The quantitative estimate of drug-likeness (QED) is 0.805. The molecule has 1 aliphatic rings. The number of hydrogen-bond donors (Lipinski definition) is 1. The minimum Gasteiger partial charge on any atom is -0.481 e. The Bertz CT molecular complexity index is 279. The molecule has 0 aromatic rings. The molecule has 1 atom stereocenters. The van der Waals surface area contributed by atoms with E-state index >= 15 is 0 Å². The van der Waals surface area contributed by atoms with E-state index < -0.39 is 5.97 Å². The van der Waals surface area contributed by atoms with Crippen LogP contribution in [0.15, 0.2) is 0 Å². The molecule has 0 bridgehead atoms. The maximum Gasteiger partial charge on any atom is 0.304 e. The molecule has 0 radical (unpaired) electrons. The van der Waals surface area contributed by atoms with E-state index in [9.17, 15) is 4.79 Å². The second-order valence-electron chi connectivity index (χ2n) is 6.19. The fourth-order valence-electron chi connectivity index (χ4n) is 3.04. The molecule has 19 heavy (non-hydrogen) atoms. The van der Waals surface area contributed by atoms with Crippen LogP contribution in [-0.4, -0.2) is 58.6 Å². The van der Waals surface area contributed by atoms with Gasteiger partial charge in [-0.05, 0) is 60.0 Å². The van der Waals surface area contributed by atoms with Crippen LogP contribution in [0.3, 0.4) is 0 Å². The van der Waals surface area contributed by atoms with Crippen LogP contribution in [0.25, 0.3) is 0 Å². The van der Waals surface area contributed by atoms with Crippen LogP contribution in [0.4, 0.5) is 0 Å². The number of carbonyl (C=O) groups is 1. The first kappa shape index (κ1) is 16.4. The van der Waals surface area contributed by atoms with Crippen LogP contribution in [0.1, 0.15) is 53.4 Å². The molecular formula is C15H30N2O2. The molecule has 1 aliphatic heterocycles. The van der Waals surface area contributed by atoms with E-state index in [2.05, 4.69) is 37.5 Å². The Hall–Kier alpha value is -0.610. The summed E-state index contributed by atoms with van der Waals surface area (Å²) >= 11 is 0. The van der Waals surface area contributed by atoms with Crippen LogP contribution in [0.5, 0.6) is 0 Å². The molecule has 4 nitrogen and oxygen atoms in total. The lowest BCUT2D eigenvalue weighted by Gasteiger charge is -2.34. The first-order valence-electron chi connectivity index (χ1n) is 7.63. The van der Waals surface area contributed by atoms with E-state index in [0.29, 0.717) is 24.7 Å². The molecule has 112 valence electrons. The molecule has 0 amide bonds. The Morgan fingerprint density at radius 1 is 1.26 bits per heavy atom. The fraction of sp³-hybridized carbons (Fsp3) is 0.933. The Kier molecular flexibility index (Phi) is 6.80. The summed E-state index contributed by atoms with van der Waals surface area (Å²) in [6.45, 7) is 11.9. The van der Waals surface area contributed by atoms with Crippen molar-refractivity contribution in [2.45, 2.75) is 71.5 Å². The zero-order valence-corrected chi connectivity index (χ0v) is 12.9. The van der Waals surface area contributed by atoms with Gasteiger partial charge in [0.15, 0.2) is 0 Å². The molecule has 0 spiro atoms. The highest BCUT2D eigenvalue weighted by molar-refractivity contribution is 5.66. The molecule has 0 aromatic heterocycles. The maximum atomic E-state index is 10.8. The number of nitrogens with zero attached hydrogens (tertiary/aromatic N) is 2. The maximum absolute atomic E-state index is 10.8. The molecular weight excluding hydrogens is 240 g/mol. The predicted octanol–water partition coefficient (Wildman–Crippen LogP) is 2.43. The summed E-state index contributed by atoms with van der Waals surface area (Å²) < 4.78 is 0. The SMILES string of the molecule is CC(C)N1CCCC(N(CCC(=O)O)C(C)C)CC1. The van der Waals surface area contributed by atoms with Crippen LogP contribution >= 0.6 is 0 Å². The van der Waals surface area contributed by atoms with E-state index in [1.54, 1.807) is 0 Å². The molecule has 0 saturated carbocycles. The lowest BCUT2D eigenvalue weighted by Crippen LogP contribution is -2.42. The molecule has 1 saturated heterocycles. The second-order valence-corrected chi connectivity index (χ2v) is 6.19. The molecule has 1 rings (SSSR count). The smallest absolute Gasteiger partial charge is 0.304 e. The number of carboxylic acid groups (broad SMARTS) is 1. The first-order chi connectivity index (χ1) is 8.91. The first-order valence-corrected chi connectivity index (χ1v) is 7.63. The van der Waals surface area contributed by atoms with Crippen molar-refractivity contribution < 1.29 is 9.90 Å². The van der Waals surface area contributed by atoms with E-state index in [4.69, 9.17) is 5.11 Å². The molecule has 1 fully saturated rings. The van der Waals surface area contributed by atoms with Gasteiger partial charge in [-0.15, -0.1) is 0 Å². The standard InChI is InChI=1S/C15H30N2O2/c1-12(2)16-9-5-6-14(7-10-16)17(13(3)4)11-8-15(18)19/h12-14H,5-11H2,1-4H3,(H,18,19). The van der Waals surface area contributed by atoms with Crippen LogP contribution in [-0.2, 0) is 4.79 Å². The van der Waals surface area contributed by atoms with Gasteiger partial charge in [-0.2, -0.15) is 0 Å². The lowest BCUT2D eigenvalue weighted by atomic mass is 10.1. The van der Waals surface area contributed by atoms with E-state index in [-0.39, 0.29) is 6.42 Å². The van der Waals surface area contributed by atoms with Gasteiger partial charge in [0.2, 0.25) is 0 Å². The summed E-state index contributed by atoms with van der Waals surface area (Å²) in [5, 5.41) is 8.88. The van der Waals surface area contributed by atoms with Crippen LogP contribution in [0, 0.1) is 0 Å². The molecule has 1 heterocycles. The Morgan fingerprint density at radius 3 is 2.47 bits per heavy atom. The van der Waals surface area contributed by atoms with Gasteiger partial charge in [-0.3, -0.25) is 9.69 Å². The lowest BCUT2D eigenvalue weighted by molar-refractivity contribution is -0.137. The minimum atomic E-state index is -0.692. The molecule has 4 heteroatoms. The fourth-order valence-corrected chi connectivity index (χ4v) is 3.04. The molecule has 1 unspecified atom stereocenters. The third kappa shape index (κ3) is 5.49. The third-order valence-electron chi connectivity index (χ3n) is 4.18. The summed E-state index contributed by atoms with van der Waals surface area (Å²) in [7, 11) is 0. The van der Waals surface area contributed by atoms with Crippen molar-refractivity contribution in [1.29, 1.82) is 0 Å². The zero-order chi connectivity index (χ0) is 14.4. The average molecular weight is 270 g/mol. The summed E-state index contributed by atoms with van der Waals surface area (Å²) in [4.78, 5) is 15.7. The number of hydrogen-bond acceptors (Lipinski definition) is 3. The van der Waals surface area contributed by atoms with E-state index in [0.717, 1.165) is 13.0 Å². The van der Waals surface area contributed by atoms with Crippen molar-refractivity contribution >= 4 is 5.97 Å². The van der Waals surface area contributed by atoms with Crippen molar-refractivity contribution in [3.8, 4) is 0 Å². The van der Waals surface area contributed by atoms with E-state index in [1.807, 2.05) is 0 Å². The monoisotopic (exact) mass is 270 g/mol. The Morgan fingerprint density at radius 2 is 1.95 bits per heavy atom. The summed E-state index contributed by atoms with van der Waals surface area (Å²) in [6, 6.07) is 1.59. The normalized spacial score (nSPS) is 22.2. The highest BCUT2D eigenvalue weighted by Crippen LogP contribution is 2.20. The highest BCUT2D eigenvalue weighted by Gasteiger charge is 2.25. The van der Waals surface area contributed by atoms with Crippen molar-refractivity contribution in [2.75, 3.05) is 19.6 Å². The average Bonchev–Trinajstić information content (AvgIpc) is 2.54. The second kappa shape index (κ2) is 7.85. The molecule has 1 N–H and O–H groups in total. The van der Waals surface area contributed by atoms with Crippen LogP contribution in [0.2, 0.25) is 0 Å². The number of likely N-dealkylation sites (tertiary alicyclic amines) is 1. The highest BCUT2D eigenvalue weighted by atomic mass is 16.4. The van der Waals surface area contributed by atoms with Gasteiger partial charge in [-0.25, -0.2) is 0 Å². The predicted molar refractivity (Wildman–Crippen MR) is 78.4 cm³/mol. The summed E-state index contributed by atoms with van der Waals surface area (Å²) in [6.07, 6.45) is 3.83. The van der Waals surface area contributed by atoms with Gasteiger partial charge in [-0.1, -0.05) is 0 Å². The van der Waals surface area contributed by atoms with Crippen molar-refractivity contribution in [3.05, 3.63) is 0 Å². The van der Waals surface area contributed by atoms with Crippen molar-refractivity contribution in [1.82, 2.24) is 9.80 Å². The topological polar surface area (TPSA) is 43.8 Å². The zero-order valence-electron chi connectivity index (χ0n) is 12.9. The van der Waals surface area contributed by atoms with Gasteiger partial charge < -0.3 is 10.0 Å². The van der Waals surface area contributed by atoms with Gasteiger partial charge >= 0.3 is 5.97 Å². The van der Waals surface area contributed by atoms with Crippen molar-refractivity contribution in [3.63, 3.8) is 0 Å². The molecule has 0 aromatic carbocycles. The number of carboxylic acids is 1. The van der Waals surface area contributed by atoms with Crippen LogP contribution < -0.4 is 0 Å². The summed E-state index contributed by atoms with van der Waals surface area (Å²) in [5.41, 5.74) is 0. The van der Waals surface area contributed by atoms with Gasteiger partial charge in [0.1, 0.15) is 0 Å². The van der Waals surface area contributed by atoms with Gasteiger partial charge in [0, 0.05) is 24.7 Å². The Balaban J connectivity index is 2.56. The Labute approximate surface area is 117 Å². The third-order valence-corrected chi connectivity index (χ3v) is 4.18. The summed E-state index contributed by atoms with van der Waals surface area (Å²) in [5.74, 6) is -0.692. The van der Waals surface area contributed by atoms with E-state index in [1.165, 1.54) is 19.4 Å². The van der Waals surface area contributed by atoms with Crippen molar-refractivity contribution in [2.24, 2.45) is 0 Å². The molecule has 0 aliphatic carbocycles. The minimum absolute atomic E-state index is 0.253. The number of rotatable bonds is 6. The number of aliphatic carboxylic acids is 1. The van der Waals surface area contributed by atoms with Gasteiger partial charge in [0.05, 0.1) is 6.42 Å². The van der Waals surface area contributed by atoms with Gasteiger partial charge in [0.25, 0.3) is 0 Å².